The topological polar surface area (TPSA) is 184 Å². The van der Waals surface area contributed by atoms with Crippen LogP contribution in [0.5, 0.6) is 5.75 Å². The number of carbonyl (C=O) groups excluding carboxylic acids is 1. The first-order chi connectivity index (χ1) is 28.5. The number of hydrogen-bond donors (Lipinski definition) is 3. The molecule has 15 nitrogen and oxygen atoms in total. The lowest BCUT2D eigenvalue weighted by Gasteiger charge is -2.14. The quantitative estimate of drug-likeness (QED) is 0.0782. The predicted molar refractivity (Wildman–Crippen MR) is 225 cm³/mol. The Labute approximate surface area is 349 Å². The van der Waals surface area contributed by atoms with Gasteiger partial charge in [0.25, 0.3) is 0 Å². The molecule has 2 aromatic heterocycles. The number of aliphatic imine (C=N–C) groups is 1. The molecule has 17 heteroatoms. The van der Waals surface area contributed by atoms with Gasteiger partial charge in [0.05, 0.1) is 48.7 Å². The third kappa shape index (κ3) is 11.0. The summed E-state index contributed by atoms with van der Waals surface area (Å²) in [6, 6.07) is 18.0. The van der Waals surface area contributed by atoms with E-state index in [4.69, 9.17) is 35.3 Å². The first-order valence-corrected chi connectivity index (χ1v) is 21.4. The van der Waals surface area contributed by atoms with Crippen LogP contribution in [-0.2, 0) is 24.3 Å². The summed E-state index contributed by atoms with van der Waals surface area (Å²) in [4.78, 5) is 18.6. The number of rotatable bonds is 21. The number of hydrogen-bond acceptors (Lipinski definition) is 12. The number of nitrogens with one attached hydrogen (secondary N) is 3. The molecule has 0 aliphatic carbocycles. The van der Waals surface area contributed by atoms with Gasteiger partial charge in [0.15, 0.2) is 5.82 Å². The van der Waals surface area contributed by atoms with Crippen LogP contribution in [-0.4, -0.2) is 99.7 Å². The first kappa shape index (κ1) is 43.6. The van der Waals surface area contributed by atoms with Crippen molar-refractivity contribution < 1.29 is 31.9 Å². The second-order valence-electron chi connectivity index (χ2n) is 14.1. The Balaban J connectivity index is 0.860. The molecular formula is C42H51ClN8O7S. The Bertz CT molecular complexity index is 2340. The number of halogens is 1. The van der Waals surface area contributed by atoms with Gasteiger partial charge in [-0.05, 0) is 94.6 Å². The number of benzene rings is 3. The SMILES string of the molecule is COc1ccc2c(c1)C(c1ccc(Cl)cc1)=NC(CC(=O)NCCCOCCOCCCNCCNS(=O)(=O)c1cc(-c3c(C)noc3C)ccc1C)c1nnc(C)n1-2. The maximum atomic E-state index is 13.2. The molecule has 1 atom stereocenters. The maximum Gasteiger partial charge on any atom is 0.240 e. The van der Waals surface area contributed by atoms with Gasteiger partial charge >= 0.3 is 0 Å². The van der Waals surface area contributed by atoms with E-state index in [1.807, 2.05) is 73.9 Å². The van der Waals surface area contributed by atoms with Crippen LogP contribution in [0.15, 0.2) is 75.1 Å². The molecule has 0 saturated carbocycles. The summed E-state index contributed by atoms with van der Waals surface area (Å²) in [5, 5.41) is 19.6. The van der Waals surface area contributed by atoms with Gasteiger partial charge < -0.3 is 29.4 Å². The number of amides is 1. The molecule has 5 aromatic rings. The fourth-order valence-corrected chi connectivity index (χ4v) is 8.29. The summed E-state index contributed by atoms with van der Waals surface area (Å²) in [6.45, 7) is 11.0. The maximum absolute atomic E-state index is 13.2. The number of methoxy groups -OCH3 is 1. The van der Waals surface area contributed by atoms with Crippen LogP contribution >= 0.6 is 11.6 Å². The van der Waals surface area contributed by atoms with E-state index in [1.54, 1.807) is 26.2 Å². The van der Waals surface area contributed by atoms with Crippen molar-refractivity contribution >= 4 is 33.2 Å². The van der Waals surface area contributed by atoms with E-state index in [-0.39, 0.29) is 23.8 Å². The Morgan fingerprint density at radius 1 is 0.864 bits per heavy atom. The molecule has 3 heterocycles. The minimum atomic E-state index is -3.71. The Morgan fingerprint density at radius 3 is 2.31 bits per heavy atom. The lowest BCUT2D eigenvalue weighted by molar-refractivity contribution is -0.121. The molecule has 59 heavy (non-hydrogen) atoms. The van der Waals surface area contributed by atoms with Crippen molar-refractivity contribution in [3.05, 3.63) is 105 Å². The minimum absolute atomic E-state index is 0.0821. The van der Waals surface area contributed by atoms with Crippen molar-refractivity contribution in [2.45, 2.75) is 57.9 Å². The van der Waals surface area contributed by atoms with Gasteiger partial charge in [0.1, 0.15) is 23.4 Å². The molecule has 0 bridgehead atoms. The molecule has 1 aliphatic heterocycles. The highest BCUT2D eigenvalue weighted by molar-refractivity contribution is 7.89. The summed E-state index contributed by atoms with van der Waals surface area (Å²) in [7, 11) is -2.09. The van der Waals surface area contributed by atoms with E-state index in [1.165, 1.54) is 0 Å². The molecular weight excluding hydrogens is 796 g/mol. The van der Waals surface area contributed by atoms with E-state index in [9.17, 15) is 13.2 Å². The predicted octanol–water partition coefficient (Wildman–Crippen LogP) is 5.60. The molecule has 0 fully saturated rings. The minimum Gasteiger partial charge on any atom is -0.497 e. The summed E-state index contributed by atoms with van der Waals surface area (Å²) in [5.74, 6) is 2.43. The summed E-state index contributed by atoms with van der Waals surface area (Å²) < 4.78 is 53.0. The number of ether oxygens (including phenoxy) is 3. The highest BCUT2D eigenvalue weighted by atomic mass is 35.5. The van der Waals surface area contributed by atoms with Gasteiger partial charge in [-0.1, -0.05) is 41.0 Å². The van der Waals surface area contributed by atoms with Gasteiger partial charge in [0.2, 0.25) is 15.9 Å². The third-order valence-corrected chi connectivity index (χ3v) is 11.7. The smallest absolute Gasteiger partial charge is 0.240 e. The average molecular weight is 847 g/mol. The molecule has 3 aromatic carbocycles. The molecule has 0 saturated heterocycles. The van der Waals surface area contributed by atoms with Crippen molar-refractivity contribution in [1.82, 2.24) is 35.3 Å². The van der Waals surface area contributed by atoms with Crippen molar-refractivity contribution in [2.75, 3.05) is 59.7 Å². The number of carbonyl (C=O) groups is 1. The van der Waals surface area contributed by atoms with Crippen LogP contribution in [0.2, 0.25) is 5.02 Å². The third-order valence-electron chi connectivity index (χ3n) is 9.82. The van der Waals surface area contributed by atoms with E-state index in [2.05, 4.69) is 30.7 Å². The Hall–Kier alpha value is -4.97. The van der Waals surface area contributed by atoms with Crippen LogP contribution in [0.1, 0.15) is 65.1 Å². The fourth-order valence-electron chi connectivity index (χ4n) is 6.86. The molecule has 1 amide bonds. The van der Waals surface area contributed by atoms with Crippen LogP contribution in [0.4, 0.5) is 0 Å². The number of fused-ring (bicyclic) bond motifs is 3. The molecule has 0 radical (unpaired) electrons. The van der Waals surface area contributed by atoms with E-state index >= 15 is 0 Å². The van der Waals surface area contributed by atoms with E-state index in [0.29, 0.717) is 97.6 Å². The molecule has 6 rings (SSSR count). The monoisotopic (exact) mass is 846 g/mol. The molecule has 1 aliphatic rings. The zero-order valence-corrected chi connectivity index (χ0v) is 35.6. The lowest BCUT2D eigenvalue weighted by Crippen LogP contribution is -2.32. The van der Waals surface area contributed by atoms with Gasteiger partial charge in [0, 0.05) is 54.6 Å². The van der Waals surface area contributed by atoms with E-state index < -0.39 is 16.1 Å². The normalized spacial score (nSPS) is 13.7. The van der Waals surface area contributed by atoms with Gasteiger partial charge in [-0.25, -0.2) is 13.1 Å². The molecule has 1 unspecified atom stereocenters. The number of nitrogens with zero attached hydrogens (tertiary/aromatic N) is 5. The van der Waals surface area contributed by atoms with Crippen molar-refractivity contribution in [3.63, 3.8) is 0 Å². The highest BCUT2D eigenvalue weighted by Crippen LogP contribution is 2.35. The van der Waals surface area contributed by atoms with Crippen LogP contribution in [0.3, 0.4) is 0 Å². The number of aromatic nitrogens is 4. The van der Waals surface area contributed by atoms with Crippen LogP contribution < -0.4 is 20.1 Å². The second kappa shape index (κ2) is 20.3. The summed E-state index contributed by atoms with van der Waals surface area (Å²) in [5.41, 5.74) is 6.16. The standard InChI is InChI=1S/C42H51ClN8O7S/c1-27-8-9-32(40-28(2)50-58-29(40)3)24-38(27)59(53,54)46-19-18-44-16-6-20-56-22-23-57-21-7-17-45-39(52)26-36-42-49-48-30(4)51(42)37-15-14-34(55-5)25-35(37)41(47-36)31-10-12-33(43)13-11-31/h8-15,24-25,36,44,46H,6-7,16-23,26H2,1-5H3,(H,45,52). The number of aryl methyl sites for hydroxylation is 4. The van der Waals surface area contributed by atoms with E-state index in [0.717, 1.165) is 34.4 Å². The first-order valence-electron chi connectivity index (χ1n) is 19.6. The average Bonchev–Trinajstić information content (AvgIpc) is 3.73. The highest BCUT2D eigenvalue weighted by Gasteiger charge is 2.30. The lowest BCUT2D eigenvalue weighted by atomic mass is 10.00. The van der Waals surface area contributed by atoms with Gasteiger partial charge in [-0.2, -0.15) is 0 Å². The molecule has 314 valence electrons. The Morgan fingerprint density at radius 2 is 1.59 bits per heavy atom. The van der Waals surface area contributed by atoms with Crippen LogP contribution in [0, 0.1) is 27.7 Å². The molecule has 3 N–H and O–H groups in total. The van der Waals surface area contributed by atoms with Gasteiger partial charge in [-0.15, -0.1) is 10.2 Å². The zero-order chi connectivity index (χ0) is 41.9. The van der Waals surface area contributed by atoms with Crippen molar-refractivity contribution in [1.29, 1.82) is 0 Å². The molecule has 0 spiro atoms. The van der Waals surface area contributed by atoms with Crippen molar-refractivity contribution in [2.24, 2.45) is 4.99 Å². The summed E-state index contributed by atoms with van der Waals surface area (Å²) >= 11 is 6.21. The second-order valence-corrected chi connectivity index (χ2v) is 16.3. The zero-order valence-electron chi connectivity index (χ0n) is 34.0. The Kier molecular flexibility index (Phi) is 15.0. The van der Waals surface area contributed by atoms with Crippen LogP contribution in [0.25, 0.3) is 16.8 Å². The van der Waals surface area contributed by atoms with Crippen molar-refractivity contribution in [3.8, 4) is 22.6 Å². The fraction of sp³-hybridized carbons (Fsp3) is 0.405. The largest absolute Gasteiger partial charge is 0.497 e. The summed E-state index contributed by atoms with van der Waals surface area (Å²) in [6.07, 6.45) is 1.48. The van der Waals surface area contributed by atoms with Gasteiger partial charge in [-0.3, -0.25) is 14.4 Å². The number of sulfonamides is 1.